The molecule has 1 aliphatic carbocycles. The van der Waals surface area contributed by atoms with E-state index in [9.17, 15) is 13.2 Å². The van der Waals surface area contributed by atoms with E-state index in [1.807, 2.05) is 12.1 Å². The number of sulfonamides is 1. The molecule has 0 bridgehead atoms. The van der Waals surface area contributed by atoms with E-state index in [2.05, 4.69) is 17.2 Å². The van der Waals surface area contributed by atoms with Gasteiger partial charge in [0.25, 0.3) is 15.9 Å². The predicted molar refractivity (Wildman–Crippen MR) is 99.1 cm³/mol. The van der Waals surface area contributed by atoms with E-state index in [4.69, 9.17) is 5.26 Å². The minimum atomic E-state index is -3.89. The lowest BCUT2D eigenvalue weighted by molar-refractivity contribution is 0.0949. The van der Waals surface area contributed by atoms with Crippen molar-refractivity contribution in [1.82, 2.24) is 10.3 Å². The van der Waals surface area contributed by atoms with E-state index in [1.54, 1.807) is 0 Å². The molecule has 0 unspecified atom stereocenters. The lowest BCUT2D eigenvalue weighted by Crippen LogP contribution is -2.41. The number of benzene rings is 1. The highest BCUT2D eigenvalue weighted by Crippen LogP contribution is 2.33. The van der Waals surface area contributed by atoms with Gasteiger partial charge in [-0.25, -0.2) is 8.42 Å². The molecule has 0 saturated heterocycles. The molecule has 0 fully saturated rings. The molecule has 1 aromatic carbocycles. The fourth-order valence-corrected chi connectivity index (χ4v) is 4.95. The van der Waals surface area contributed by atoms with Crippen molar-refractivity contribution in [1.29, 1.82) is 5.26 Å². The van der Waals surface area contributed by atoms with Crippen molar-refractivity contribution >= 4 is 27.3 Å². The maximum absolute atomic E-state index is 12.3. The Balaban J connectivity index is 1.67. The highest BCUT2D eigenvalue weighted by Gasteiger charge is 2.23. The molecular weight excluding hydrogens is 370 g/mol. The molecular formula is C18H19N3O3S2. The summed E-state index contributed by atoms with van der Waals surface area (Å²) in [5.41, 5.74) is 3.83. The van der Waals surface area contributed by atoms with Crippen LogP contribution in [0.25, 0.3) is 0 Å². The molecule has 8 heteroatoms. The quantitative estimate of drug-likeness (QED) is 0.768. The van der Waals surface area contributed by atoms with E-state index in [0.29, 0.717) is 16.4 Å². The van der Waals surface area contributed by atoms with Crippen LogP contribution in [0.4, 0.5) is 0 Å². The molecule has 0 saturated carbocycles. The molecule has 1 amide bonds. The highest BCUT2D eigenvalue weighted by atomic mass is 32.2. The monoisotopic (exact) mass is 389 g/mol. The van der Waals surface area contributed by atoms with Gasteiger partial charge in [0.15, 0.2) is 0 Å². The molecule has 6 nitrogen and oxygen atoms in total. The van der Waals surface area contributed by atoms with Gasteiger partial charge >= 0.3 is 0 Å². The second-order valence-corrected chi connectivity index (χ2v) is 9.09. The lowest BCUT2D eigenvalue weighted by Gasteiger charge is -2.19. The summed E-state index contributed by atoms with van der Waals surface area (Å²) in [5, 5.41) is 8.76. The summed E-state index contributed by atoms with van der Waals surface area (Å²) in [6, 6.07) is 9.26. The summed E-state index contributed by atoms with van der Waals surface area (Å²) >= 11 is 1.42. The van der Waals surface area contributed by atoms with E-state index in [-0.39, 0.29) is 4.90 Å². The molecule has 1 aliphatic rings. The van der Waals surface area contributed by atoms with Crippen LogP contribution in [0.5, 0.6) is 0 Å². The summed E-state index contributed by atoms with van der Waals surface area (Å²) < 4.78 is 24.5. The van der Waals surface area contributed by atoms with Gasteiger partial charge in [0.2, 0.25) is 0 Å². The summed E-state index contributed by atoms with van der Waals surface area (Å²) in [6.07, 6.45) is 4.22. The number of hydrazine groups is 1. The lowest BCUT2D eigenvalue weighted by atomic mass is 9.87. The minimum absolute atomic E-state index is 0.0203. The van der Waals surface area contributed by atoms with Gasteiger partial charge in [-0.15, -0.1) is 16.2 Å². The van der Waals surface area contributed by atoms with Crippen LogP contribution < -0.4 is 10.3 Å². The molecule has 1 atom stereocenters. The topological polar surface area (TPSA) is 99.1 Å². The van der Waals surface area contributed by atoms with E-state index < -0.39 is 15.9 Å². The van der Waals surface area contributed by atoms with Crippen molar-refractivity contribution in [2.45, 2.75) is 37.5 Å². The van der Waals surface area contributed by atoms with Gasteiger partial charge in [-0.05, 0) is 61.1 Å². The summed E-state index contributed by atoms with van der Waals surface area (Å²) in [4.78, 5) is 16.1. The number of thiophene rings is 1. The Morgan fingerprint density at radius 2 is 2.08 bits per heavy atom. The molecule has 0 radical (unpaired) electrons. The van der Waals surface area contributed by atoms with E-state index >= 15 is 0 Å². The molecule has 2 aromatic rings. The van der Waals surface area contributed by atoms with Gasteiger partial charge in [0, 0.05) is 4.88 Å². The van der Waals surface area contributed by atoms with Gasteiger partial charge in [0.1, 0.15) is 0 Å². The number of hydrogen-bond donors (Lipinski definition) is 2. The van der Waals surface area contributed by atoms with Crippen molar-refractivity contribution in [2.24, 2.45) is 5.92 Å². The Bertz CT molecular complexity index is 957. The number of carbonyl (C=O) groups is 1. The number of nitrogens with zero attached hydrogens (tertiary/aromatic N) is 1. The first kappa shape index (κ1) is 18.6. The normalized spacial score (nSPS) is 16.5. The second-order valence-electron chi connectivity index (χ2n) is 6.27. The molecule has 136 valence electrons. The van der Waals surface area contributed by atoms with Crippen LogP contribution in [-0.4, -0.2) is 14.3 Å². The van der Waals surface area contributed by atoms with Crippen LogP contribution in [-0.2, 0) is 22.9 Å². The molecule has 0 aliphatic heterocycles. The van der Waals surface area contributed by atoms with Crippen molar-refractivity contribution in [3.63, 3.8) is 0 Å². The third-order valence-electron chi connectivity index (χ3n) is 4.58. The highest BCUT2D eigenvalue weighted by molar-refractivity contribution is 7.89. The number of nitriles is 1. The Kier molecular flexibility index (Phi) is 5.41. The van der Waals surface area contributed by atoms with E-state index in [1.165, 1.54) is 46.0 Å². The van der Waals surface area contributed by atoms with Crippen molar-refractivity contribution in [3.8, 4) is 6.07 Å². The standard InChI is InChI=1S/C18H19N3O3S2/c1-2-12-5-8-16-14(9-12)10-17(25-16)18(22)20-21-26(23,24)15-6-3-13(11-19)4-7-15/h3-4,6-7,10,12,21H,2,5,8-9H2,1H3,(H,20,22)/t12-/m1/s1. The summed E-state index contributed by atoms with van der Waals surface area (Å²) in [6.45, 7) is 2.17. The van der Waals surface area contributed by atoms with Crippen LogP contribution in [0, 0.1) is 17.2 Å². The first-order valence-electron chi connectivity index (χ1n) is 8.37. The molecule has 1 aromatic heterocycles. The predicted octanol–water partition coefficient (Wildman–Crippen LogP) is 2.76. The number of hydrogen-bond acceptors (Lipinski definition) is 5. The minimum Gasteiger partial charge on any atom is -0.273 e. The number of rotatable bonds is 5. The zero-order valence-corrected chi connectivity index (χ0v) is 15.9. The second kappa shape index (κ2) is 7.58. The smallest absolute Gasteiger partial charge is 0.273 e. The Hall–Kier alpha value is -2.21. The Morgan fingerprint density at radius 1 is 1.35 bits per heavy atom. The number of fused-ring (bicyclic) bond motifs is 1. The maximum Gasteiger partial charge on any atom is 0.276 e. The Morgan fingerprint density at radius 3 is 2.73 bits per heavy atom. The van der Waals surface area contributed by atoms with E-state index in [0.717, 1.165) is 25.7 Å². The van der Waals surface area contributed by atoms with Crippen LogP contribution in [0.3, 0.4) is 0 Å². The van der Waals surface area contributed by atoms with Gasteiger partial charge in [-0.1, -0.05) is 13.3 Å². The third kappa shape index (κ3) is 3.96. The number of nitrogens with one attached hydrogen (secondary N) is 2. The first-order chi connectivity index (χ1) is 12.4. The summed E-state index contributed by atoms with van der Waals surface area (Å²) in [5.74, 6) is 0.192. The van der Waals surface area contributed by atoms with Crippen LogP contribution in [0.1, 0.15) is 45.4 Å². The number of carbonyl (C=O) groups excluding carboxylic acids is 1. The molecule has 3 rings (SSSR count). The van der Waals surface area contributed by atoms with Crippen molar-refractivity contribution in [2.75, 3.05) is 0 Å². The fourth-order valence-electron chi connectivity index (χ4n) is 3.00. The largest absolute Gasteiger partial charge is 0.276 e. The van der Waals surface area contributed by atoms with Gasteiger partial charge in [0.05, 0.1) is 21.4 Å². The maximum atomic E-state index is 12.3. The van der Waals surface area contributed by atoms with Crippen LogP contribution in [0.2, 0.25) is 0 Å². The van der Waals surface area contributed by atoms with Gasteiger partial charge in [-0.2, -0.15) is 5.26 Å². The van der Waals surface area contributed by atoms with Crippen LogP contribution in [0.15, 0.2) is 35.2 Å². The van der Waals surface area contributed by atoms with Gasteiger partial charge < -0.3 is 0 Å². The molecule has 0 spiro atoms. The SMILES string of the molecule is CC[C@@H]1CCc2sc(C(=O)NNS(=O)(=O)c3ccc(C#N)cc3)cc2C1. The van der Waals surface area contributed by atoms with Crippen molar-refractivity contribution < 1.29 is 13.2 Å². The van der Waals surface area contributed by atoms with Gasteiger partial charge in [-0.3, -0.25) is 10.2 Å². The average molecular weight is 390 g/mol. The van der Waals surface area contributed by atoms with Crippen LogP contribution >= 0.6 is 11.3 Å². The zero-order valence-electron chi connectivity index (χ0n) is 14.3. The fraction of sp³-hybridized carbons (Fsp3) is 0.333. The molecule has 1 heterocycles. The molecule has 2 N–H and O–H groups in total. The number of aryl methyl sites for hydroxylation is 1. The average Bonchev–Trinajstić information content (AvgIpc) is 3.09. The number of amides is 1. The third-order valence-corrected chi connectivity index (χ3v) is 7.08. The Labute approximate surface area is 156 Å². The molecule has 26 heavy (non-hydrogen) atoms. The summed E-state index contributed by atoms with van der Waals surface area (Å²) in [7, 11) is -3.89. The first-order valence-corrected chi connectivity index (χ1v) is 10.7. The zero-order chi connectivity index (χ0) is 18.7. The van der Waals surface area contributed by atoms with Crippen molar-refractivity contribution in [3.05, 3.63) is 51.2 Å².